The summed E-state index contributed by atoms with van der Waals surface area (Å²) in [7, 11) is 0. The molecule has 2 aromatic rings. The Morgan fingerprint density at radius 1 is 1.20 bits per heavy atom. The number of nitrogens with zero attached hydrogens (tertiary/aromatic N) is 1. The third kappa shape index (κ3) is 2.14. The van der Waals surface area contributed by atoms with Crippen LogP contribution in [0.15, 0.2) is 48.7 Å². The van der Waals surface area contributed by atoms with Crippen molar-refractivity contribution in [3.8, 4) is 0 Å². The summed E-state index contributed by atoms with van der Waals surface area (Å²) < 4.78 is 1.32. The maximum absolute atomic E-state index is 12.4. The Kier molecular flexibility index (Phi) is 3.33. The number of rotatable bonds is 2. The van der Waals surface area contributed by atoms with Crippen molar-refractivity contribution < 1.29 is 9.59 Å². The number of hydrogen-bond donors (Lipinski definition) is 1. The van der Waals surface area contributed by atoms with Crippen LogP contribution >= 0.6 is 0 Å². The van der Waals surface area contributed by atoms with Crippen LogP contribution in [0.5, 0.6) is 0 Å². The van der Waals surface area contributed by atoms with E-state index in [0.717, 1.165) is 9.14 Å². The van der Waals surface area contributed by atoms with E-state index in [1.165, 1.54) is 0 Å². The zero-order chi connectivity index (χ0) is 14.2. The van der Waals surface area contributed by atoms with Gasteiger partial charge in [0.25, 0.3) is 0 Å². The molecule has 1 unspecified atom stereocenters. The molecule has 1 aromatic carbocycles. The van der Waals surface area contributed by atoms with E-state index in [1.54, 1.807) is 31.3 Å². The average molecular weight is 371 g/mol. The van der Waals surface area contributed by atoms with Gasteiger partial charge in [0.1, 0.15) is 0 Å². The predicted molar refractivity (Wildman–Crippen MR) is 75.9 cm³/mol. The molecule has 20 heavy (non-hydrogen) atoms. The molecular formula is C15H12N2O2Sn. The summed E-state index contributed by atoms with van der Waals surface area (Å²) in [5, 5.41) is 2.87. The molecule has 2 heterocycles. The Balaban J connectivity index is 1.94. The van der Waals surface area contributed by atoms with Gasteiger partial charge in [-0.3, -0.25) is 0 Å². The van der Waals surface area contributed by atoms with Crippen molar-refractivity contribution in [1.82, 2.24) is 10.3 Å². The third-order valence-corrected chi connectivity index (χ3v) is 7.52. The first kappa shape index (κ1) is 13.3. The minimum absolute atomic E-state index is 0.173. The number of aromatic nitrogens is 1. The second kappa shape index (κ2) is 5.01. The van der Waals surface area contributed by atoms with E-state index in [1.807, 2.05) is 24.3 Å². The van der Waals surface area contributed by atoms with Gasteiger partial charge in [-0.2, -0.15) is 0 Å². The van der Waals surface area contributed by atoms with Gasteiger partial charge in [0, 0.05) is 0 Å². The summed E-state index contributed by atoms with van der Waals surface area (Å²) in [6.45, 7) is 1.79. The molecule has 1 aliphatic rings. The van der Waals surface area contributed by atoms with Gasteiger partial charge in [-0.15, -0.1) is 0 Å². The molecule has 2 radical (unpaired) electrons. The first-order chi connectivity index (χ1) is 9.61. The maximum atomic E-state index is 12.4. The van der Waals surface area contributed by atoms with E-state index in [9.17, 15) is 9.59 Å². The van der Waals surface area contributed by atoms with Crippen LogP contribution in [0, 0.1) is 0 Å². The van der Waals surface area contributed by atoms with Crippen LogP contribution in [0.4, 0.5) is 0 Å². The second-order valence-corrected chi connectivity index (χ2v) is 8.34. The fourth-order valence-corrected chi connectivity index (χ4v) is 6.13. The number of carbonyl (C=O) groups is 2. The molecule has 4 nitrogen and oxygen atoms in total. The van der Waals surface area contributed by atoms with E-state index >= 15 is 0 Å². The molecule has 98 valence electrons. The van der Waals surface area contributed by atoms with Gasteiger partial charge < -0.3 is 0 Å². The number of amides is 1. The zero-order valence-corrected chi connectivity index (χ0v) is 13.7. The molecule has 1 aliphatic heterocycles. The Hall–Kier alpha value is -1.69. The molecule has 1 N–H and O–H groups in total. The predicted octanol–water partition coefficient (Wildman–Crippen LogP) is 0.596. The van der Waals surface area contributed by atoms with Crippen molar-refractivity contribution in [2.45, 2.75) is 12.5 Å². The molecule has 3 rings (SSSR count). The quantitative estimate of drug-likeness (QED) is 0.787. The molecule has 0 bridgehead atoms. The average Bonchev–Trinajstić information content (AvgIpc) is 2.72. The van der Waals surface area contributed by atoms with Gasteiger partial charge in [0.15, 0.2) is 0 Å². The van der Waals surface area contributed by atoms with Crippen molar-refractivity contribution in [2.24, 2.45) is 0 Å². The fraction of sp³-hybridized carbons (Fsp3) is 0.133. The summed E-state index contributed by atoms with van der Waals surface area (Å²) >= 11 is -1.29. The van der Waals surface area contributed by atoms with Crippen LogP contribution in [-0.2, 0) is 10.3 Å². The first-order valence-electron chi connectivity index (χ1n) is 6.26. The van der Waals surface area contributed by atoms with Crippen molar-refractivity contribution in [2.75, 3.05) is 0 Å². The molecule has 0 saturated carbocycles. The summed E-state index contributed by atoms with van der Waals surface area (Å²) in [4.78, 5) is 28.6. The monoisotopic (exact) mass is 372 g/mol. The SMILES string of the molecule is CC1(NC(=O)c2ccccn2)[C](=O)[Sn][c]2ccccc21. The molecule has 1 amide bonds. The van der Waals surface area contributed by atoms with Crippen LogP contribution in [0.3, 0.4) is 0 Å². The zero-order valence-electron chi connectivity index (χ0n) is 10.9. The Bertz CT molecular complexity index is 687. The summed E-state index contributed by atoms with van der Waals surface area (Å²) in [5.41, 5.74) is 0.384. The van der Waals surface area contributed by atoms with Crippen LogP contribution in [0.25, 0.3) is 0 Å². The van der Waals surface area contributed by atoms with E-state index in [0.29, 0.717) is 5.69 Å². The van der Waals surface area contributed by atoms with Crippen molar-refractivity contribution >= 4 is 34.4 Å². The topological polar surface area (TPSA) is 59.1 Å². The van der Waals surface area contributed by atoms with Gasteiger partial charge in [-0.25, -0.2) is 0 Å². The molecule has 0 saturated heterocycles. The van der Waals surface area contributed by atoms with Gasteiger partial charge in [-0.1, -0.05) is 0 Å². The van der Waals surface area contributed by atoms with Crippen LogP contribution in [0.2, 0.25) is 0 Å². The van der Waals surface area contributed by atoms with Crippen molar-refractivity contribution in [3.05, 3.63) is 59.9 Å². The second-order valence-electron chi connectivity index (χ2n) is 4.79. The first-order valence-corrected chi connectivity index (χ1v) is 9.11. The van der Waals surface area contributed by atoms with Gasteiger partial charge in [-0.05, 0) is 0 Å². The van der Waals surface area contributed by atoms with Crippen LogP contribution in [0.1, 0.15) is 23.0 Å². The molecular weight excluding hydrogens is 359 g/mol. The van der Waals surface area contributed by atoms with Gasteiger partial charge in [0.2, 0.25) is 0 Å². The molecule has 1 aromatic heterocycles. The normalized spacial score (nSPS) is 20.6. The molecule has 5 heteroatoms. The Morgan fingerprint density at radius 2 is 1.95 bits per heavy atom. The Labute approximate surface area is 126 Å². The van der Waals surface area contributed by atoms with Crippen molar-refractivity contribution in [3.63, 3.8) is 0 Å². The summed E-state index contributed by atoms with van der Waals surface area (Å²) in [5.74, 6) is -0.308. The van der Waals surface area contributed by atoms with Crippen LogP contribution in [-0.4, -0.2) is 35.8 Å². The van der Waals surface area contributed by atoms with E-state index < -0.39 is 26.7 Å². The fourth-order valence-electron chi connectivity index (χ4n) is 2.31. The molecule has 0 spiro atoms. The van der Waals surface area contributed by atoms with Crippen LogP contribution < -0.4 is 8.90 Å². The number of carbonyl (C=O) groups excluding carboxylic acids is 2. The molecule has 0 fully saturated rings. The number of hydrogen-bond acceptors (Lipinski definition) is 3. The summed E-state index contributed by atoms with van der Waals surface area (Å²) in [6.07, 6.45) is 1.57. The van der Waals surface area contributed by atoms with Gasteiger partial charge in [0.05, 0.1) is 0 Å². The molecule has 1 atom stereocenters. The number of pyridine rings is 1. The van der Waals surface area contributed by atoms with E-state index in [-0.39, 0.29) is 9.71 Å². The van der Waals surface area contributed by atoms with Gasteiger partial charge >= 0.3 is 127 Å². The number of fused-ring (bicyclic) bond motifs is 1. The summed E-state index contributed by atoms with van der Waals surface area (Å²) in [6, 6.07) is 12.9. The molecule has 0 aliphatic carbocycles. The minimum atomic E-state index is -1.29. The Morgan fingerprint density at radius 3 is 2.70 bits per heavy atom. The number of nitrogens with one attached hydrogen (secondary N) is 1. The van der Waals surface area contributed by atoms with E-state index in [4.69, 9.17) is 0 Å². The third-order valence-electron chi connectivity index (χ3n) is 3.43. The van der Waals surface area contributed by atoms with Crippen molar-refractivity contribution in [1.29, 1.82) is 0 Å². The standard InChI is InChI=1S/C15H12N2O2.Sn/c1-15(11-18,12-7-3-2-4-8-12)17-14(19)13-9-5-6-10-16-13;/h2-7,9-10H,1H3,(H,17,19);. The van der Waals surface area contributed by atoms with E-state index in [2.05, 4.69) is 10.3 Å². The number of benzene rings is 1.